The third-order valence-corrected chi connectivity index (χ3v) is 2.51. The summed E-state index contributed by atoms with van der Waals surface area (Å²) in [6, 6.07) is 7.81. The molecule has 0 radical (unpaired) electrons. The predicted molar refractivity (Wildman–Crippen MR) is 71.0 cm³/mol. The second-order valence-electron chi connectivity index (χ2n) is 4.02. The van der Waals surface area contributed by atoms with Crippen molar-refractivity contribution >= 4 is 12.0 Å². The lowest BCUT2D eigenvalue weighted by Gasteiger charge is -2.18. The number of carbonyl (C=O) groups is 1. The van der Waals surface area contributed by atoms with Crippen LogP contribution >= 0.6 is 0 Å². The molecule has 4 heteroatoms. The van der Waals surface area contributed by atoms with Gasteiger partial charge in [0, 0.05) is 19.2 Å². The van der Waals surface area contributed by atoms with Gasteiger partial charge < -0.3 is 15.1 Å². The number of carbonyl (C=O) groups excluding carboxylic acids is 1. The van der Waals surface area contributed by atoms with Gasteiger partial charge in [-0.1, -0.05) is 29.8 Å². The molecule has 1 aromatic carbocycles. The summed E-state index contributed by atoms with van der Waals surface area (Å²) < 4.78 is 0. The Morgan fingerprint density at radius 3 is 2.50 bits per heavy atom. The predicted octanol–water partition coefficient (Wildman–Crippen LogP) is 0.821. The highest BCUT2D eigenvalue weighted by Crippen LogP contribution is 2.06. The van der Waals surface area contributed by atoms with Gasteiger partial charge in [-0.2, -0.15) is 0 Å². The van der Waals surface area contributed by atoms with Crippen molar-refractivity contribution in [3.05, 3.63) is 41.5 Å². The van der Waals surface area contributed by atoms with Crippen molar-refractivity contribution in [2.75, 3.05) is 26.3 Å². The van der Waals surface area contributed by atoms with Gasteiger partial charge in [0.1, 0.15) is 0 Å². The Balaban J connectivity index is 2.67. The Morgan fingerprint density at radius 1 is 1.28 bits per heavy atom. The van der Waals surface area contributed by atoms with Crippen molar-refractivity contribution in [2.45, 2.75) is 6.92 Å². The van der Waals surface area contributed by atoms with E-state index in [-0.39, 0.29) is 32.2 Å². The maximum Gasteiger partial charge on any atom is 0.246 e. The Hall–Kier alpha value is -1.65. The molecule has 2 N–H and O–H groups in total. The van der Waals surface area contributed by atoms with E-state index in [1.165, 1.54) is 11.0 Å². The fraction of sp³-hybridized carbons (Fsp3) is 0.357. The van der Waals surface area contributed by atoms with Gasteiger partial charge in [-0.3, -0.25) is 4.79 Å². The Bertz CT molecular complexity index is 409. The molecule has 1 amide bonds. The van der Waals surface area contributed by atoms with Crippen molar-refractivity contribution in [3.63, 3.8) is 0 Å². The van der Waals surface area contributed by atoms with E-state index in [4.69, 9.17) is 10.2 Å². The summed E-state index contributed by atoms with van der Waals surface area (Å²) in [5, 5.41) is 17.7. The van der Waals surface area contributed by atoms with Crippen LogP contribution < -0.4 is 0 Å². The van der Waals surface area contributed by atoms with Gasteiger partial charge in [0.15, 0.2) is 0 Å². The number of benzene rings is 1. The molecule has 0 unspecified atom stereocenters. The number of hydrogen-bond donors (Lipinski definition) is 2. The molecule has 0 aromatic heterocycles. The van der Waals surface area contributed by atoms with E-state index < -0.39 is 0 Å². The molecule has 1 rings (SSSR count). The van der Waals surface area contributed by atoms with Gasteiger partial charge in [-0.05, 0) is 18.6 Å². The zero-order valence-electron chi connectivity index (χ0n) is 10.5. The van der Waals surface area contributed by atoms with Crippen LogP contribution in [0.2, 0.25) is 0 Å². The van der Waals surface area contributed by atoms with Crippen LogP contribution in [0, 0.1) is 6.92 Å². The molecule has 0 aliphatic heterocycles. The summed E-state index contributed by atoms with van der Waals surface area (Å²) in [5.74, 6) is -0.209. The van der Waals surface area contributed by atoms with Crippen LogP contribution in [0.3, 0.4) is 0 Å². The second kappa shape index (κ2) is 7.63. The molecule has 0 bridgehead atoms. The lowest BCUT2D eigenvalue weighted by Crippen LogP contribution is -2.34. The zero-order valence-corrected chi connectivity index (χ0v) is 10.5. The smallest absolute Gasteiger partial charge is 0.246 e. The van der Waals surface area contributed by atoms with Crippen LogP contribution in [-0.4, -0.2) is 47.3 Å². The Labute approximate surface area is 107 Å². The average Bonchev–Trinajstić information content (AvgIpc) is 2.36. The molecule has 0 aliphatic rings. The van der Waals surface area contributed by atoms with E-state index in [0.29, 0.717) is 0 Å². The summed E-state index contributed by atoms with van der Waals surface area (Å²) in [6.07, 6.45) is 3.19. The Kier molecular flexibility index (Phi) is 6.11. The van der Waals surface area contributed by atoms with Gasteiger partial charge in [0.25, 0.3) is 0 Å². The fourth-order valence-electron chi connectivity index (χ4n) is 1.62. The lowest BCUT2D eigenvalue weighted by molar-refractivity contribution is -0.126. The largest absolute Gasteiger partial charge is 0.395 e. The molecule has 0 aliphatic carbocycles. The van der Waals surface area contributed by atoms with Crippen molar-refractivity contribution in [1.82, 2.24) is 4.90 Å². The van der Waals surface area contributed by atoms with Gasteiger partial charge in [0.2, 0.25) is 5.91 Å². The third kappa shape index (κ3) is 4.69. The first kappa shape index (κ1) is 14.4. The van der Waals surface area contributed by atoms with E-state index >= 15 is 0 Å². The minimum absolute atomic E-state index is 0.107. The summed E-state index contributed by atoms with van der Waals surface area (Å²) in [7, 11) is 0. The highest BCUT2D eigenvalue weighted by molar-refractivity contribution is 5.91. The van der Waals surface area contributed by atoms with Crippen molar-refractivity contribution in [3.8, 4) is 0 Å². The van der Waals surface area contributed by atoms with Crippen molar-refractivity contribution < 1.29 is 15.0 Å². The van der Waals surface area contributed by atoms with Gasteiger partial charge in [-0.25, -0.2) is 0 Å². The highest BCUT2D eigenvalue weighted by atomic mass is 16.3. The lowest BCUT2D eigenvalue weighted by atomic mass is 10.1. The van der Waals surface area contributed by atoms with E-state index in [1.54, 1.807) is 6.08 Å². The molecule has 98 valence electrons. The number of amides is 1. The fourth-order valence-corrected chi connectivity index (χ4v) is 1.62. The van der Waals surface area contributed by atoms with E-state index in [2.05, 4.69) is 0 Å². The zero-order chi connectivity index (χ0) is 13.4. The molecule has 4 nitrogen and oxygen atoms in total. The molecule has 0 saturated heterocycles. The molecule has 1 aromatic rings. The number of aliphatic hydroxyl groups excluding tert-OH is 2. The van der Waals surface area contributed by atoms with Crippen molar-refractivity contribution in [1.29, 1.82) is 0 Å². The van der Waals surface area contributed by atoms with Crippen LogP contribution in [0.1, 0.15) is 11.1 Å². The first-order chi connectivity index (χ1) is 8.67. The van der Waals surface area contributed by atoms with E-state index in [1.807, 2.05) is 31.2 Å². The minimum atomic E-state index is -0.209. The van der Waals surface area contributed by atoms with Crippen molar-refractivity contribution in [2.24, 2.45) is 0 Å². The molecule has 0 heterocycles. The monoisotopic (exact) mass is 249 g/mol. The second-order valence-corrected chi connectivity index (χ2v) is 4.02. The molecule has 0 saturated carbocycles. The number of aryl methyl sites for hydroxylation is 1. The number of rotatable bonds is 6. The van der Waals surface area contributed by atoms with Crippen LogP contribution in [0.5, 0.6) is 0 Å². The van der Waals surface area contributed by atoms with Gasteiger partial charge >= 0.3 is 0 Å². The first-order valence-corrected chi connectivity index (χ1v) is 5.92. The van der Waals surface area contributed by atoms with Crippen LogP contribution in [0.4, 0.5) is 0 Å². The quantitative estimate of drug-likeness (QED) is 0.734. The standard InChI is InChI=1S/C14H19NO3/c1-12-3-2-4-13(11-12)5-6-14(18)15(7-9-16)8-10-17/h2-6,11,16-17H,7-10H2,1H3. The number of aliphatic hydroxyl groups is 2. The third-order valence-electron chi connectivity index (χ3n) is 2.51. The summed E-state index contributed by atoms with van der Waals surface area (Å²) in [6.45, 7) is 2.24. The summed E-state index contributed by atoms with van der Waals surface area (Å²) in [4.78, 5) is 13.2. The number of hydrogen-bond acceptors (Lipinski definition) is 3. The molecule has 0 atom stereocenters. The molecular weight excluding hydrogens is 230 g/mol. The van der Waals surface area contributed by atoms with E-state index in [0.717, 1.165) is 11.1 Å². The van der Waals surface area contributed by atoms with Crippen LogP contribution in [0.25, 0.3) is 6.08 Å². The SMILES string of the molecule is Cc1cccc(C=CC(=O)N(CCO)CCO)c1. The average molecular weight is 249 g/mol. The minimum Gasteiger partial charge on any atom is -0.395 e. The van der Waals surface area contributed by atoms with Crippen LogP contribution in [-0.2, 0) is 4.79 Å². The normalized spacial score (nSPS) is 10.8. The summed E-state index contributed by atoms with van der Waals surface area (Å²) >= 11 is 0. The highest BCUT2D eigenvalue weighted by Gasteiger charge is 2.08. The van der Waals surface area contributed by atoms with Gasteiger partial charge in [-0.15, -0.1) is 0 Å². The topological polar surface area (TPSA) is 60.8 Å². The molecule has 0 spiro atoms. The first-order valence-electron chi connectivity index (χ1n) is 5.92. The molecule has 0 fully saturated rings. The maximum absolute atomic E-state index is 11.8. The summed E-state index contributed by atoms with van der Waals surface area (Å²) in [5.41, 5.74) is 2.09. The maximum atomic E-state index is 11.8. The number of nitrogens with zero attached hydrogens (tertiary/aromatic N) is 1. The molecular formula is C14H19NO3. The Morgan fingerprint density at radius 2 is 1.94 bits per heavy atom. The van der Waals surface area contributed by atoms with E-state index in [9.17, 15) is 4.79 Å². The van der Waals surface area contributed by atoms with Crippen LogP contribution in [0.15, 0.2) is 30.3 Å². The van der Waals surface area contributed by atoms with Gasteiger partial charge in [0.05, 0.1) is 13.2 Å². The molecule has 18 heavy (non-hydrogen) atoms.